The fourth-order valence-corrected chi connectivity index (χ4v) is 2.10. The third-order valence-electron chi connectivity index (χ3n) is 2.46. The van der Waals surface area contributed by atoms with Crippen molar-refractivity contribution in [3.8, 4) is 0 Å². The molecule has 2 nitrogen and oxygen atoms in total. The van der Waals surface area contributed by atoms with Crippen molar-refractivity contribution in [2.75, 3.05) is 5.32 Å². The molecule has 1 aromatic carbocycles. The van der Waals surface area contributed by atoms with Crippen LogP contribution in [0, 0.1) is 5.92 Å². The van der Waals surface area contributed by atoms with E-state index in [1.165, 1.54) is 5.56 Å². The van der Waals surface area contributed by atoms with Crippen LogP contribution in [0.2, 0.25) is 0 Å². The van der Waals surface area contributed by atoms with Crippen LogP contribution in [0.1, 0.15) is 39.7 Å². The first kappa shape index (κ1) is 15.2. The van der Waals surface area contributed by atoms with E-state index in [9.17, 15) is 4.79 Å². The van der Waals surface area contributed by atoms with Crippen molar-refractivity contribution in [3.05, 3.63) is 29.8 Å². The fraction of sp³-hybridized carbons (Fsp3) is 0.533. The third-order valence-corrected chi connectivity index (χ3v) is 2.74. The molecule has 0 atom stereocenters. The molecule has 0 aromatic heterocycles. The highest BCUT2D eigenvalue weighted by molar-refractivity contribution is 9.10. The van der Waals surface area contributed by atoms with Gasteiger partial charge in [0.15, 0.2) is 0 Å². The number of carbonyl (C=O) groups excluding carboxylic acids is 1. The van der Waals surface area contributed by atoms with Gasteiger partial charge in [-0.15, -0.1) is 0 Å². The summed E-state index contributed by atoms with van der Waals surface area (Å²) in [7, 11) is 0. The van der Waals surface area contributed by atoms with E-state index in [1.807, 2.05) is 26.0 Å². The van der Waals surface area contributed by atoms with Crippen LogP contribution in [-0.4, -0.2) is 10.2 Å². The second-order valence-electron chi connectivity index (χ2n) is 5.74. The first-order chi connectivity index (χ1) is 8.26. The predicted octanol–water partition coefficient (Wildman–Crippen LogP) is 4.39. The Balaban J connectivity index is 2.58. The van der Waals surface area contributed by atoms with E-state index >= 15 is 0 Å². The molecule has 18 heavy (non-hydrogen) atoms. The van der Waals surface area contributed by atoms with Gasteiger partial charge in [-0.05, 0) is 43.9 Å². The van der Waals surface area contributed by atoms with Crippen LogP contribution in [0.4, 0.5) is 5.69 Å². The number of benzene rings is 1. The Bertz CT molecular complexity index is 390. The molecule has 0 aliphatic heterocycles. The molecule has 0 saturated carbocycles. The number of hydrogen-bond donors (Lipinski definition) is 1. The molecule has 1 aromatic rings. The van der Waals surface area contributed by atoms with Gasteiger partial charge in [-0.25, -0.2) is 0 Å². The lowest BCUT2D eigenvalue weighted by molar-refractivity contribution is -0.116. The minimum atomic E-state index is 0.0820. The van der Waals surface area contributed by atoms with E-state index in [2.05, 4.69) is 47.2 Å². The van der Waals surface area contributed by atoms with Gasteiger partial charge in [-0.2, -0.15) is 0 Å². The van der Waals surface area contributed by atoms with Gasteiger partial charge >= 0.3 is 0 Å². The van der Waals surface area contributed by atoms with Crippen LogP contribution in [0.15, 0.2) is 24.3 Å². The molecule has 1 rings (SSSR count). The van der Waals surface area contributed by atoms with Gasteiger partial charge in [-0.3, -0.25) is 4.79 Å². The van der Waals surface area contributed by atoms with E-state index in [0.29, 0.717) is 12.3 Å². The number of carbonyl (C=O) groups is 1. The zero-order valence-corrected chi connectivity index (χ0v) is 13.2. The monoisotopic (exact) mass is 311 g/mol. The lowest BCUT2D eigenvalue weighted by Crippen LogP contribution is -2.15. The molecule has 1 amide bonds. The van der Waals surface area contributed by atoms with Crippen LogP contribution in [0.25, 0.3) is 0 Å². The van der Waals surface area contributed by atoms with Gasteiger partial charge in [0.1, 0.15) is 0 Å². The molecule has 0 radical (unpaired) electrons. The Morgan fingerprint density at radius 3 is 2.28 bits per heavy atom. The summed E-state index contributed by atoms with van der Waals surface area (Å²) in [6.45, 7) is 8.37. The summed E-state index contributed by atoms with van der Waals surface area (Å²) in [5, 5.41) is 2.91. The molecule has 100 valence electrons. The molecule has 0 saturated heterocycles. The maximum atomic E-state index is 11.6. The van der Waals surface area contributed by atoms with Crippen molar-refractivity contribution in [1.29, 1.82) is 0 Å². The first-order valence-electron chi connectivity index (χ1n) is 6.34. The second-order valence-corrected chi connectivity index (χ2v) is 7.89. The molecule has 0 spiro atoms. The average Bonchev–Trinajstić information content (AvgIpc) is 2.17. The first-order valence-corrected chi connectivity index (χ1v) is 7.13. The maximum Gasteiger partial charge on any atom is 0.224 e. The zero-order valence-electron chi connectivity index (χ0n) is 11.6. The lowest BCUT2D eigenvalue weighted by Gasteiger charge is -2.16. The van der Waals surface area contributed by atoms with Crippen LogP contribution in [0.5, 0.6) is 0 Å². The summed E-state index contributed by atoms with van der Waals surface area (Å²) < 4.78 is 0.107. The Labute approximate surface area is 118 Å². The number of anilines is 1. The van der Waals surface area contributed by atoms with Crippen molar-refractivity contribution in [2.24, 2.45) is 5.92 Å². The van der Waals surface area contributed by atoms with Crippen LogP contribution in [0.3, 0.4) is 0 Å². The summed E-state index contributed by atoms with van der Waals surface area (Å²) in [4.78, 5) is 11.6. The minimum Gasteiger partial charge on any atom is -0.326 e. The van der Waals surface area contributed by atoms with Crippen molar-refractivity contribution >= 4 is 27.5 Å². The highest BCUT2D eigenvalue weighted by Crippen LogP contribution is 2.22. The van der Waals surface area contributed by atoms with Crippen molar-refractivity contribution in [1.82, 2.24) is 0 Å². The summed E-state index contributed by atoms with van der Waals surface area (Å²) in [5.41, 5.74) is 2.13. The summed E-state index contributed by atoms with van der Waals surface area (Å²) in [6.07, 6.45) is 1.53. The van der Waals surface area contributed by atoms with Gasteiger partial charge in [0.2, 0.25) is 5.91 Å². The Morgan fingerprint density at radius 2 is 1.83 bits per heavy atom. The largest absolute Gasteiger partial charge is 0.326 e. The molecule has 0 fully saturated rings. The standard InChI is InChI=1S/C15H22BrNO/c1-11(2)9-14(18)17-13-7-5-12(6-8-13)10-15(3,4)16/h5-8,11H,9-10H2,1-4H3,(H,17,18). The van der Waals surface area contributed by atoms with Gasteiger partial charge in [0.05, 0.1) is 0 Å². The average molecular weight is 312 g/mol. The molecular weight excluding hydrogens is 290 g/mol. The van der Waals surface area contributed by atoms with Crippen LogP contribution in [-0.2, 0) is 11.2 Å². The summed E-state index contributed by atoms with van der Waals surface area (Å²) >= 11 is 3.63. The van der Waals surface area contributed by atoms with Crippen molar-refractivity contribution < 1.29 is 4.79 Å². The van der Waals surface area contributed by atoms with Crippen molar-refractivity contribution in [3.63, 3.8) is 0 Å². The molecular formula is C15H22BrNO. The quantitative estimate of drug-likeness (QED) is 0.803. The van der Waals surface area contributed by atoms with E-state index in [0.717, 1.165) is 12.1 Å². The van der Waals surface area contributed by atoms with Crippen LogP contribution >= 0.6 is 15.9 Å². The Morgan fingerprint density at radius 1 is 1.28 bits per heavy atom. The van der Waals surface area contributed by atoms with Crippen molar-refractivity contribution in [2.45, 2.75) is 44.9 Å². The molecule has 1 N–H and O–H groups in total. The smallest absolute Gasteiger partial charge is 0.224 e. The zero-order chi connectivity index (χ0) is 13.8. The summed E-state index contributed by atoms with van der Waals surface area (Å²) in [5.74, 6) is 0.469. The Kier molecular flexibility index (Phi) is 5.39. The van der Waals surface area contributed by atoms with Gasteiger partial charge in [0.25, 0.3) is 0 Å². The predicted molar refractivity (Wildman–Crippen MR) is 81.2 cm³/mol. The third kappa shape index (κ3) is 6.20. The number of rotatable bonds is 5. The van der Waals surface area contributed by atoms with E-state index in [4.69, 9.17) is 0 Å². The molecule has 0 aliphatic rings. The van der Waals surface area contributed by atoms with Crippen LogP contribution < -0.4 is 5.32 Å². The van der Waals surface area contributed by atoms with E-state index < -0.39 is 0 Å². The molecule has 0 bridgehead atoms. The number of nitrogens with one attached hydrogen (secondary N) is 1. The normalized spacial score (nSPS) is 11.7. The fourth-order valence-electron chi connectivity index (χ4n) is 1.77. The highest BCUT2D eigenvalue weighted by Gasteiger charge is 2.13. The second kappa shape index (κ2) is 6.37. The number of hydrogen-bond acceptors (Lipinski definition) is 1. The van der Waals surface area contributed by atoms with E-state index in [-0.39, 0.29) is 10.2 Å². The minimum absolute atomic E-state index is 0.0820. The molecule has 0 heterocycles. The number of amides is 1. The van der Waals surface area contributed by atoms with Gasteiger partial charge in [0, 0.05) is 16.4 Å². The van der Waals surface area contributed by atoms with Gasteiger partial charge in [-0.1, -0.05) is 41.9 Å². The summed E-state index contributed by atoms with van der Waals surface area (Å²) in [6, 6.07) is 8.06. The Hall–Kier alpha value is -0.830. The van der Waals surface area contributed by atoms with E-state index in [1.54, 1.807) is 0 Å². The maximum absolute atomic E-state index is 11.6. The van der Waals surface area contributed by atoms with Gasteiger partial charge < -0.3 is 5.32 Å². The lowest BCUT2D eigenvalue weighted by atomic mass is 10.0. The highest BCUT2D eigenvalue weighted by atomic mass is 79.9. The number of halogens is 1. The topological polar surface area (TPSA) is 29.1 Å². The SMILES string of the molecule is CC(C)CC(=O)Nc1ccc(CC(C)(C)Br)cc1. The molecule has 3 heteroatoms. The molecule has 0 aliphatic carbocycles. The molecule has 0 unspecified atom stereocenters. The number of alkyl halides is 1.